The fourth-order valence-electron chi connectivity index (χ4n) is 2.62. The number of nitrogens with zero attached hydrogens (tertiary/aromatic N) is 1. The number of methoxy groups -OCH3 is 1. The van der Waals surface area contributed by atoms with Gasteiger partial charge < -0.3 is 9.47 Å². The summed E-state index contributed by atoms with van der Waals surface area (Å²) in [7, 11) is 3.06. The van der Waals surface area contributed by atoms with Crippen LogP contribution < -0.4 is 9.47 Å². The highest BCUT2D eigenvalue weighted by molar-refractivity contribution is 14.1. The monoisotopic (exact) mass is 495 g/mol. The topological polar surface area (TPSA) is 55.8 Å². The molecular weight excluding hydrogens is 477 g/mol. The van der Waals surface area contributed by atoms with Crippen molar-refractivity contribution < 1.29 is 19.1 Å². The summed E-state index contributed by atoms with van der Waals surface area (Å²) >= 11 is 3.11. The van der Waals surface area contributed by atoms with Crippen molar-refractivity contribution in [1.29, 1.82) is 0 Å². The third kappa shape index (κ3) is 4.47. The molecule has 0 N–H and O–H groups in total. The molecule has 7 heteroatoms. The van der Waals surface area contributed by atoms with Gasteiger partial charge in [0.05, 0.1) is 15.6 Å². The summed E-state index contributed by atoms with van der Waals surface area (Å²) in [4.78, 5) is 25.2. The van der Waals surface area contributed by atoms with Crippen LogP contribution in [-0.4, -0.2) is 30.2 Å². The van der Waals surface area contributed by atoms with Crippen molar-refractivity contribution in [2.75, 3.05) is 14.2 Å². The molecule has 2 aromatic rings. The predicted molar refractivity (Wildman–Crippen MR) is 115 cm³/mol. The van der Waals surface area contributed by atoms with E-state index in [1.54, 1.807) is 19.3 Å². The molecule has 2 amide bonds. The lowest BCUT2D eigenvalue weighted by Gasteiger charge is -2.14. The SMILES string of the molecule is COc1cc(/C=C2\SC(=O)N(C)C2=O)cc(I)c1OCc1cccc(C)c1. The van der Waals surface area contributed by atoms with Crippen LogP contribution in [0, 0.1) is 10.5 Å². The van der Waals surface area contributed by atoms with Crippen LogP contribution in [0.5, 0.6) is 11.5 Å². The van der Waals surface area contributed by atoms with Gasteiger partial charge in [0.1, 0.15) is 6.61 Å². The first-order valence-electron chi connectivity index (χ1n) is 8.16. The molecule has 5 nitrogen and oxygen atoms in total. The van der Waals surface area contributed by atoms with Crippen LogP contribution in [-0.2, 0) is 11.4 Å². The number of amides is 2. The number of hydrogen-bond donors (Lipinski definition) is 0. The van der Waals surface area contributed by atoms with Crippen LogP contribution in [0.4, 0.5) is 4.79 Å². The molecule has 0 aliphatic carbocycles. The average molecular weight is 495 g/mol. The molecule has 0 spiro atoms. The second-order valence-electron chi connectivity index (χ2n) is 6.05. The van der Waals surface area contributed by atoms with E-state index in [-0.39, 0.29) is 11.1 Å². The molecule has 0 unspecified atom stereocenters. The van der Waals surface area contributed by atoms with Crippen LogP contribution in [0.25, 0.3) is 6.08 Å². The van der Waals surface area contributed by atoms with Gasteiger partial charge in [0.15, 0.2) is 11.5 Å². The largest absolute Gasteiger partial charge is 0.493 e. The van der Waals surface area contributed by atoms with Crippen LogP contribution in [0.1, 0.15) is 16.7 Å². The van der Waals surface area contributed by atoms with E-state index in [0.29, 0.717) is 23.0 Å². The third-order valence-corrected chi connectivity index (χ3v) is 5.76. The zero-order valence-electron chi connectivity index (χ0n) is 15.1. The normalized spacial score (nSPS) is 15.6. The van der Waals surface area contributed by atoms with Gasteiger partial charge in [-0.15, -0.1) is 0 Å². The lowest BCUT2D eigenvalue weighted by Crippen LogP contribution is -2.22. The van der Waals surface area contributed by atoms with E-state index in [4.69, 9.17) is 9.47 Å². The van der Waals surface area contributed by atoms with E-state index >= 15 is 0 Å². The highest BCUT2D eigenvalue weighted by Gasteiger charge is 2.31. The van der Waals surface area contributed by atoms with E-state index < -0.39 is 0 Å². The minimum atomic E-state index is -0.293. The molecule has 0 radical (unpaired) electrons. The van der Waals surface area contributed by atoms with E-state index in [1.165, 1.54) is 12.6 Å². The number of carbonyl (C=O) groups is 2. The average Bonchev–Trinajstić information content (AvgIpc) is 2.87. The fourth-order valence-corrected chi connectivity index (χ4v) is 4.23. The Hall–Kier alpha value is -2.00. The summed E-state index contributed by atoms with van der Waals surface area (Å²) in [5.41, 5.74) is 3.03. The van der Waals surface area contributed by atoms with Crippen molar-refractivity contribution in [3.8, 4) is 11.5 Å². The Kier molecular flexibility index (Phi) is 6.11. The van der Waals surface area contributed by atoms with Crippen LogP contribution in [0.2, 0.25) is 0 Å². The quantitative estimate of drug-likeness (QED) is 0.439. The van der Waals surface area contributed by atoms with Gasteiger partial charge in [-0.1, -0.05) is 29.8 Å². The summed E-state index contributed by atoms with van der Waals surface area (Å²) in [6.45, 7) is 2.47. The zero-order valence-corrected chi connectivity index (χ0v) is 18.1. The molecule has 1 aliphatic rings. The maximum Gasteiger partial charge on any atom is 0.293 e. The Labute approximate surface area is 175 Å². The number of imide groups is 1. The van der Waals surface area contributed by atoms with E-state index in [0.717, 1.165) is 31.4 Å². The summed E-state index contributed by atoms with van der Waals surface area (Å²) in [5, 5.41) is -0.272. The molecule has 0 saturated carbocycles. The standard InChI is InChI=1S/C20H18INO4S/c1-12-5-4-6-13(7-12)11-26-18-15(21)8-14(9-16(18)25-3)10-17-19(23)22(2)20(24)27-17/h4-10H,11H2,1-3H3/b17-10-. The molecule has 3 rings (SSSR count). The maximum absolute atomic E-state index is 12.1. The Morgan fingerprint density at radius 3 is 2.63 bits per heavy atom. The summed E-state index contributed by atoms with van der Waals surface area (Å²) < 4.78 is 12.3. The van der Waals surface area contributed by atoms with E-state index in [1.807, 2.05) is 31.2 Å². The van der Waals surface area contributed by atoms with Crippen molar-refractivity contribution in [1.82, 2.24) is 4.90 Å². The summed E-state index contributed by atoms with van der Waals surface area (Å²) in [6.07, 6.45) is 1.70. The van der Waals surface area contributed by atoms with Gasteiger partial charge >= 0.3 is 0 Å². The second-order valence-corrected chi connectivity index (χ2v) is 8.21. The Bertz CT molecular complexity index is 942. The van der Waals surface area contributed by atoms with Gasteiger partial charge in [0.25, 0.3) is 11.1 Å². The van der Waals surface area contributed by atoms with E-state index in [9.17, 15) is 9.59 Å². The molecular formula is C20H18INO4S. The first-order valence-corrected chi connectivity index (χ1v) is 10.1. The predicted octanol–water partition coefficient (Wildman–Crippen LogP) is 4.85. The number of ether oxygens (including phenoxy) is 2. The minimum Gasteiger partial charge on any atom is -0.493 e. The minimum absolute atomic E-state index is 0.272. The molecule has 140 valence electrons. The lowest BCUT2D eigenvalue weighted by atomic mass is 10.1. The number of aryl methyl sites for hydroxylation is 1. The van der Waals surface area contributed by atoms with Gasteiger partial charge in [0.2, 0.25) is 0 Å². The molecule has 1 fully saturated rings. The fraction of sp³-hybridized carbons (Fsp3) is 0.200. The molecule has 0 aromatic heterocycles. The van der Waals surface area contributed by atoms with Gasteiger partial charge in [-0.25, -0.2) is 0 Å². The highest BCUT2D eigenvalue weighted by Crippen LogP contribution is 2.37. The maximum atomic E-state index is 12.1. The molecule has 0 bridgehead atoms. The number of thioether (sulfide) groups is 1. The molecule has 1 aliphatic heterocycles. The first-order chi connectivity index (χ1) is 12.9. The Morgan fingerprint density at radius 1 is 1.22 bits per heavy atom. The first kappa shape index (κ1) is 19.8. The van der Waals surface area contributed by atoms with E-state index in [2.05, 4.69) is 28.7 Å². The zero-order chi connectivity index (χ0) is 19.6. The van der Waals surface area contributed by atoms with Gasteiger partial charge in [-0.05, 0) is 70.6 Å². The second kappa shape index (κ2) is 8.35. The smallest absolute Gasteiger partial charge is 0.293 e. The number of hydrogen-bond acceptors (Lipinski definition) is 5. The molecule has 1 heterocycles. The molecule has 0 atom stereocenters. The van der Waals surface area contributed by atoms with Gasteiger partial charge in [-0.2, -0.15) is 0 Å². The summed E-state index contributed by atoms with van der Waals surface area (Å²) in [6, 6.07) is 11.8. The van der Waals surface area contributed by atoms with Crippen molar-refractivity contribution in [2.24, 2.45) is 0 Å². The molecule has 2 aromatic carbocycles. The van der Waals surface area contributed by atoms with Crippen LogP contribution in [0.3, 0.4) is 0 Å². The molecule has 1 saturated heterocycles. The van der Waals surface area contributed by atoms with Crippen molar-refractivity contribution in [3.63, 3.8) is 0 Å². The Morgan fingerprint density at radius 2 is 2.00 bits per heavy atom. The van der Waals surface area contributed by atoms with Crippen molar-refractivity contribution in [3.05, 3.63) is 61.6 Å². The van der Waals surface area contributed by atoms with Gasteiger partial charge in [-0.3, -0.25) is 14.5 Å². The third-order valence-electron chi connectivity index (χ3n) is 4.00. The lowest BCUT2D eigenvalue weighted by molar-refractivity contribution is -0.121. The van der Waals surface area contributed by atoms with Crippen LogP contribution in [0.15, 0.2) is 41.3 Å². The molecule has 27 heavy (non-hydrogen) atoms. The number of halogens is 1. The van der Waals surface area contributed by atoms with Crippen LogP contribution >= 0.6 is 34.4 Å². The number of rotatable bonds is 5. The van der Waals surface area contributed by atoms with Crippen molar-refractivity contribution >= 4 is 51.6 Å². The summed E-state index contributed by atoms with van der Waals surface area (Å²) in [5.74, 6) is 0.940. The van der Waals surface area contributed by atoms with Gasteiger partial charge in [0, 0.05) is 7.05 Å². The highest BCUT2D eigenvalue weighted by atomic mass is 127. The Balaban J connectivity index is 1.85. The van der Waals surface area contributed by atoms with Crippen molar-refractivity contribution in [2.45, 2.75) is 13.5 Å². The number of likely N-dealkylation sites (N-methyl/N-ethyl adjacent to an activating group) is 1. The number of carbonyl (C=O) groups excluding carboxylic acids is 2. The number of benzene rings is 2.